The molecule has 0 radical (unpaired) electrons. The maximum Gasteiger partial charge on any atom is 0.321 e. The van der Waals surface area contributed by atoms with Crippen molar-refractivity contribution in [1.29, 1.82) is 0 Å². The first kappa shape index (κ1) is 19.3. The molecule has 2 N–H and O–H groups in total. The van der Waals surface area contributed by atoms with Gasteiger partial charge in [-0.05, 0) is 18.4 Å². The molecule has 0 saturated heterocycles. The van der Waals surface area contributed by atoms with Gasteiger partial charge in [0.1, 0.15) is 11.2 Å². The standard InChI is InChI=1S/C21H22N4O3S/c26-17(25-21(27)24-15-9-5-2-6-10-15)11-28-19-18-16(14-7-3-1-4-8-14)12-29-20(18)23-13-22-19/h1,3-4,7-8,12-13,15H,2,5-6,9-11H2,(H2,24,25,26,27). The number of rotatable bonds is 5. The normalized spacial score (nSPS) is 14.5. The molecule has 1 aliphatic rings. The van der Waals surface area contributed by atoms with E-state index in [0.29, 0.717) is 5.88 Å². The van der Waals surface area contributed by atoms with Crippen molar-refractivity contribution >= 4 is 33.5 Å². The zero-order valence-corrected chi connectivity index (χ0v) is 16.7. The van der Waals surface area contributed by atoms with Gasteiger partial charge in [0.05, 0.1) is 5.39 Å². The molecule has 3 aromatic rings. The van der Waals surface area contributed by atoms with Crippen molar-refractivity contribution in [1.82, 2.24) is 20.6 Å². The predicted molar refractivity (Wildman–Crippen MR) is 112 cm³/mol. The van der Waals surface area contributed by atoms with Gasteiger partial charge < -0.3 is 10.1 Å². The van der Waals surface area contributed by atoms with Crippen molar-refractivity contribution in [2.24, 2.45) is 0 Å². The predicted octanol–water partition coefficient (Wildman–Crippen LogP) is 3.90. The summed E-state index contributed by atoms with van der Waals surface area (Å²) in [5.41, 5.74) is 1.98. The number of urea groups is 1. The second kappa shape index (κ2) is 9.00. The van der Waals surface area contributed by atoms with E-state index in [-0.39, 0.29) is 12.6 Å². The summed E-state index contributed by atoms with van der Waals surface area (Å²) in [4.78, 5) is 33.5. The Balaban J connectivity index is 1.41. The monoisotopic (exact) mass is 410 g/mol. The number of ether oxygens (including phenoxy) is 1. The Labute approximate surface area is 172 Å². The average molecular weight is 410 g/mol. The lowest BCUT2D eigenvalue weighted by molar-refractivity contribution is -0.122. The number of nitrogens with zero attached hydrogens (tertiary/aromatic N) is 2. The largest absolute Gasteiger partial charge is 0.467 e. The summed E-state index contributed by atoms with van der Waals surface area (Å²) in [6.07, 6.45) is 6.74. The van der Waals surface area contributed by atoms with E-state index in [9.17, 15) is 9.59 Å². The summed E-state index contributed by atoms with van der Waals surface area (Å²) in [5, 5.41) is 7.95. The highest BCUT2D eigenvalue weighted by molar-refractivity contribution is 7.17. The van der Waals surface area contributed by atoms with Crippen LogP contribution in [0.5, 0.6) is 5.88 Å². The first-order chi connectivity index (χ1) is 14.2. The molecular formula is C21H22N4O3S. The molecule has 1 saturated carbocycles. The molecule has 0 atom stereocenters. The number of benzene rings is 1. The molecule has 3 amide bonds. The third kappa shape index (κ3) is 4.71. The molecule has 0 unspecified atom stereocenters. The van der Waals surface area contributed by atoms with Gasteiger partial charge in [-0.15, -0.1) is 11.3 Å². The van der Waals surface area contributed by atoms with Crippen molar-refractivity contribution < 1.29 is 14.3 Å². The molecule has 2 heterocycles. The highest BCUT2D eigenvalue weighted by atomic mass is 32.1. The van der Waals surface area contributed by atoms with Crippen LogP contribution >= 0.6 is 11.3 Å². The Kier molecular flexibility index (Phi) is 6.00. The zero-order valence-electron chi connectivity index (χ0n) is 15.9. The van der Waals surface area contributed by atoms with Crippen LogP contribution in [0.3, 0.4) is 0 Å². The molecule has 2 aromatic heterocycles. The number of hydrogen-bond acceptors (Lipinski definition) is 6. The number of nitrogens with one attached hydrogen (secondary N) is 2. The molecule has 0 bridgehead atoms. The van der Waals surface area contributed by atoms with Crippen molar-refractivity contribution in [3.8, 4) is 17.0 Å². The van der Waals surface area contributed by atoms with Crippen molar-refractivity contribution in [2.45, 2.75) is 38.1 Å². The van der Waals surface area contributed by atoms with Crippen molar-refractivity contribution in [3.05, 3.63) is 42.0 Å². The number of fused-ring (bicyclic) bond motifs is 1. The van der Waals surface area contributed by atoms with Gasteiger partial charge in [0.25, 0.3) is 5.91 Å². The highest BCUT2D eigenvalue weighted by Gasteiger charge is 2.18. The van der Waals surface area contributed by atoms with Crippen LogP contribution in [0.4, 0.5) is 4.79 Å². The van der Waals surface area contributed by atoms with Gasteiger partial charge in [0, 0.05) is 17.0 Å². The van der Waals surface area contributed by atoms with Crippen LogP contribution in [0.1, 0.15) is 32.1 Å². The van der Waals surface area contributed by atoms with Crippen molar-refractivity contribution in [2.75, 3.05) is 6.61 Å². The molecule has 4 rings (SSSR count). The minimum absolute atomic E-state index is 0.137. The summed E-state index contributed by atoms with van der Waals surface area (Å²) < 4.78 is 5.66. The van der Waals surface area contributed by atoms with Gasteiger partial charge in [-0.2, -0.15) is 0 Å². The van der Waals surface area contributed by atoms with Crippen LogP contribution in [-0.4, -0.2) is 34.6 Å². The summed E-state index contributed by atoms with van der Waals surface area (Å²) in [5.74, 6) is -0.181. The number of carbonyl (C=O) groups is 2. The van der Waals surface area contributed by atoms with E-state index in [0.717, 1.165) is 47.0 Å². The number of hydrogen-bond donors (Lipinski definition) is 2. The van der Waals surface area contributed by atoms with E-state index >= 15 is 0 Å². The number of aromatic nitrogens is 2. The van der Waals surface area contributed by atoms with Crippen LogP contribution in [0.15, 0.2) is 42.0 Å². The molecule has 29 heavy (non-hydrogen) atoms. The summed E-state index contributed by atoms with van der Waals surface area (Å²) in [7, 11) is 0. The van der Waals surface area contributed by atoms with E-state index in [1.807, 2.05) is 35.7 Å². The van der Waals surface area contributed by atoms with Crippen LogP contribution in [-0.2, 0) is 4.79 Å². The van der Waals surface area contributed by atoms with E-state index in [4.69, 9.17) is 4.74 Å². The topological polar surface area (TPSA) is 93.2 Å². The van der Waals surface area contributed by atoms with Crippen LogP contribution in [0.2, 0.25) is 0 Å². The van der Waals surface area contributed by atoms with Crippen LogP contribution in [0, 0.1) is 0 Å². The fourth-order valence-electron chi connectivity index (χ4n) is 3.55. The lowest BCUT2D eigenvalue weighted by atomic mass is 9.96. The molecule has 7 nitrogen and oxygen atoms in total. The van der Waals surface area contributed by atoms with Gasteiger partial charge in [-0.3, -0.25) is 10.1 Å². The van der Waals surface area contributed by atoms with Crippen LogP contribution in [0.25, 0.3) is 21.3 Å². The highest BCUT2D eigenvalue weighted by Crippen LogP contribution is 2.37. The maximum atomic E-state index is 12.2. The summed E-state index contributed by atoms with van der Waals surface area (Å²) in [6.45, 7) is -0.297. The second-order valence-corrected chi connectivity index (χ2v) is 7.88. The minimum atomic E-state index is -0.512. The van der Waals surface area contributed by atoms with E-state index in [2.05, 4.69) is 20.6 Å². The Morgan fingerprint density at radius 1 is 1.10 bits per heavy atom. The van der Waals surface area contributed by atoms with Gasteiger partial charge in [-0.25, -0.2) is 14.8 Å². The third-order valence-electron chi connectivity index (χ3n) is 4.95. The third-order valence-corrected chi connectivity index (χ3v) is 5.84. The number of thiophene rings is 1. The first-order valence-corrected chi connectivity index (χ1v) is 10.6. The van der Waals surface area contributed by atoms with E-state index < -0.39 is 11.9 Å². The van der Waals surface area contributed by atoms with Gasteiger partial charge in [-0.1, -0.05) is 49.6 Å². The Morgan fingerprint density at radius 2 is 1.90 bits per heavy atom. The molecule has 1 aliphatic carbocycles. The van der Waals surface area contributed by atoms with Gasteiger partial charge in [0.15, 0.2) is 6.61 Å². The lowest BCUT2D eigenvalue weighted by Gasteiger charge is -2.22. The van der Waals surface area contributed by atoms with E-state index in [1.54, 1.807) is 0 Å². The molecular weight excluding hydrogens is 388 g/mol. The quantitative estimate of drug-likeness (QED) is 0.665. The Bertz CT molecular complexity index is 1000. The first-order valence-electron chi connectivity index (χ1n) is 9.71. The number of imide groups is 1. The Hall–Kier alpha value is -3.00. The SMILES string of the molecule is O=C(COc1ncnc2scc(-c3ccccc3)c12)NC(=O)NC1CCCCC1. The molecule has 150 valence electrons. The molecule has 8 heteroatoms. The van der Waals surface area contributed by atoms with Crippen LogP contribution < -0.4 is 15.4 Å². The van der Waals surface area contributed by atoms with E-state index in [1.165, 1.54) is 24.1 Å². The lowest BCUT2D eigenvalue weighted by Crippen LogP contribution is -2.46. The molecule has 1 aromatic carbocycles. The van der Waals surface area contributed by atoms with Gasteiger partial charge >= 0.3 is 6.03 Å². The molecule has 1 fully saturated rings. The Morgan fingerprint density at radius 3 is 2.69 bits per heavy atom. The maximum absolute atomic E-state index is 12.2. The van der Waals surface area contributed by atoms with Crippen molar-refractivity contribution in [3.63, 3.8) is 0 Å². The fourth-order valence-corrected chi connectivity index (χ4v) is 4.46. The number of amides is 3. The number of carbonyl (C=O) groups excluding carboxylic acids is 2. The smallest absolute Gasteiger partial charge is 0.321 e. The second-order valence-electron chi connectivity index (χ2n) is 7.02. The fraction of sp³-hybridized carbons (Fsp3) is 0.333. The zero-order chi connectivity index (χ0) is 20.1. The summed E-state index contributed by atoms with van der Waals surface area (Å²) in [6, 6.07) is 9.54. The summed E-state index contributed by atoms with van der Waals surface area (Å²) >= 11 is 1.49. The molecule has 0 aliphatic heterocycles. The minimum Gasteiger partial charge on any atom is -0.467 e. The average Bonchev–Trinajstić information content (AvgIpc) is 3.18. The molecule has 0 spiro atoms. The van der Waals surface area contributed by atoms with Gasteiger partial charge in [0.2, 0.25) is 5.88 Å².